The number of Topliss-reactive ketones (excluding diaryl/α,β-unsaturated/α-hetero) is 1. The molecule has 0 bridgehead atoms. The molecule has 1 heterocycles. The number of hydrogen-bond donors (Lipinski definition) is 1. The molecule has 22 heavy (non-hydrogen) atoms. The minimum atomic E-state index is -0.403. The third-order valence-corrected chi connectivity index (χ3v) is 4.71. The number of aromatic nitrogens is 1. The third-order valence-electron chi connectivity index (χ3n) is 3.74. The molecule has 4 nitrogen and oxygen atoms in total. The van der Waals surface area contributed by atoms with Crippen LogP contribution < -0.4 is 15.3 Å². The van der Waals surface area contributed by atoms with E-state index >= 15 is 0 Å². The molecule has 110 valence electrons. The van der Waals surface area contributed by atoms with E-state index < -0.39 is 5.82 Å². The summed E-state index contributed by atoms with van der Waals surface area (Å²) in [6.07, 6.45) is 6.71. The van der Waals surface area contributed by atoms with Crippen LogP contribution in [0.3, 0.4) is 0 Å². The van der Waals surface area contributed by atoms with Crippen molar-refractivity contribution in [1.82, 2.24) is 4.98 Å². The topological polar surface area (TPSA) is 54.4 Å². The molecule has 2 aromatic rings. The van der Waals surface area contributed by atoms with Crippen molar-refractivity contribution in [2.75, 3.05) is 5.43 Å². The Labute approximate surface area is 129 Å². The fraction of sp³-hybridized carbons (Fsp3) is 0.188. The van der Waals surface area contributed by atoms with E-state index in [4.69, 9.17) is 0 Å². The SMILES string of the molecule is O=C1/C(=N\Nc2nc3c(s2)=CCCC=3)Cc2ccc(F)cc21. The first-order chi connectivity index (χ1) is 10.7. The average molecular weight is 313 g/mol. The highest BCUT2D eigenvalue weighted by molar-refractivity contribution is 7.13. The van der Waals surface area contributed by atoms with Gasteiger partial charge in [-0.3, -0.25) is 10.2 Å². The van der Waals surface area contributed by atoms with Gasteiger partial charge in [-0.05, 0) is 30.5 Å². The van der Waals surface area contributed by atoms with E-state index in [1.165, 1.54) is 23.5 Å². The van der Waals surface area contributed by atoms with Gasteiger partial charge in [-0.1, -0.05) is 29.6 Å². The molecule has 0 unspecified atom stereocenters. The van der Waals surface area contributed by atoms with Crippen LogP contribution in [0.5, 0.6) is 0 Å². The largest absolute Gasteiger partial charge is 0.287 e. The van der Waals surface area contributed by atoms with Crippen LogP contribution in [0.4, 0.5) is 9.52 Å². The monoisotopic (exact) mass is 313 g/mol. The maximum absolute atomic E-state index is 13.2. The molecule has 1 aromatic carbocycles. The summed E-state index contributed by atoms with van der Waals surface area (Å²) in [5.74, 6) is -0.624. The van der Waals surface area contributed by atoms with Crippen molar-refractivity contribution < 1.29 is 9.18 Å². The van der Waals surface area contributed by atoms with Crippen LogP contribution in [0.1, 0.15) is 28.8 Å². The first-order valence-electron chi connectivity index (χ1n) is 7.03. The van der Waals surface area contributed by atoms with Gasteiger partial charge in [-0.15, -0.1) is 0 Å². The van der Waals surface area contributed by atoms with Gasteiger partial charge in [-0.25, -0.2) is 9.37 Å². The van der Waals surface area contributed by atoms with Gasteiger partial charge in [-0.2, -0.15) is 5.10 Å². The van der Waals surface area contributed by atoms with Gasteiger partial charge in [0.05, 0.1) is 9.88 Å². The molecule has 0 saturated heterocycles. The Kier molecular flexibility index (Phi) is 3.11. The van der Waals surface area contributed by atoms with Crippen LogP contribution in [0.15, 0.2) is 23.3 Å². The van der Waals surface area contributed by atoms with Crippen molar-refractivity contribution in [2.45, 2.75) is 19.3 Å². The van der Waals surface area contributed by atoms with Gasteiger partial charge < -0.3 is 0 Å². The fourth-order valence-corrected chi connectivity index (χ4v) is 3.53. The maximum Gasteiger partial charge on any atom is 0.209 e. The lowest BCUT2D eigenvalue weighted by Gasteiger charge is -1.95. The van der Waals surface area contributed by atoms with Crippen molar-refractivity contribution in [3.63, 3.8) is 0 Å². The summed E-state index contributed by atoms with van der Waals surface area (Å²) in [6, 6.07) is 4.27. The summed E-state index contributed by atoms with van der Waals surface area (Å²) in [6.45, 7) is 0. The standard InChI is InChI=1S/C16H12FN3OS/c17-10-6-5-9-7-13(15(21)11(9)8-10)19-20-16-18-12-3-1-2-4-14(12)22-16/h3-6,8H,1-2,7H2,(H,18,20)/b19-13-. The lowest BCUT2D eigenvalue weighted by atomic mass is 10.1. The summed E-state index contributed by atoms with van der Waals surface area (Å²) in [4.78, 5) is 16.6. The smallest absolute Gasteiger partial charge is 0.209 e. The molecule has 0 saturated carbocycles. The van der Waals surface area contributed by atoms with E-state index in [0.29, 0.717) is 22.8 Å². The van der Waals surface area contributed by atoms with Crippen molar-refractivity contribution in [2.24, 2.45) is 5.10 Å². The van der Waals surface area contributed by atoms with Crippen LogP contribution in [0.2, 0.25) is 0 Å². The molecule has 4 rings (SSSR count). The van der Waals surface area contributed by atoms with Gasteiger partial charge in [0.25, 0.3) is 0 Å². The molecule has 2 aliphatic carbocycles. The minimum Gasteiger partial charge on any atom is -0.287 e. The maximum atomic E-state index is 13.2. The number of ketones is 1. The number of fused-ring (bicyclic) bond motifs is 2. The molecule has 1 aromatic heterocycles. The molecule has 0 amide bonds. The van der Waals surface area contributed by atoms with Gasteiger partial charge in [0.1, 0.15) is 11.5 Å². The van der Waals surface area contributed by atoms with Crippen LogP contribution >= 0.6 is 11.3 Å². The Hall–Kier alpha value is -2.34. The Morgan fingerprint density at radius 1 is 1.27 bits per heavy atom. The van der Waals surface area contributed by atoms with E-state index in [9.17, 15) is 9.18 Å². The number of carbonyl (C=O) groups excluding carboxylic acids is 1. The third kappa shape index (κ3) is 2.25. The highest BCUT2D eigenvalue weighted by Gasteiger charge is 2.27. The predicted octanol–water partition coefficient (Wildman–Crippen LogP) is 1.84. The highest BCUT2D eigenvalue weighted by Crippen LogP contribution is 2.21. The number of carbonyl (C=O) groups is 1. The first-order valence-corrected chi connectivity index (χ1v) is 7.85. The normalized spacial score (nSPS) is 17.7. The molecule has 0 aliphatic heterocycles. The molecule has 0 radical (unpaired) electrons. The number of nitrogens with one attached hydrogen (secondary N) is 1. The number of anilines is 1. The number of benzene rings is 1. The summed E-state index contributed by atoms with van der Waals surface area (Å²) >= 11 is 1.52. The Morgan fingerprint density at radius 2 is 2.14 bits per heavy atom. The zero-order valence-corrected chi connectivity index (χ0v) is 12.4. The van der Waals surface area contributed by atoms with Crippen LogP contribution in [0, 0.1) is 5.82 Å². The highest BCUT2D eigenvalue weighted by atomic mass is 32.1. The number of nitrogens with zero attached hydrogens (tertiary/aromatic N) is 2. The Morgan fingerprint density at radius 3 is 3.00 bits per heavy atom. The minimum absolute atomic E-state index is 0.221. The van der Waals surface area contributed by atoms with Crippen molar-refractivity contribution in [3.05, 3.63) is 45.0 Å². The quantitative estimate of drug-likeness (QED) is 0.861. The van der Waals surface area contributed by atoms with E-state index in [1.54, 1.807) is 6.07 Å². The molecular weight excluding hydrogens is 301 g/mol. The Bertz CT molecular complexity index is 896. The summed E-state index contributed by atoms with van der Waals surface area (Å²) in [5, 5.41) is 5.82. The van der Waals surface area contributed by atoms with Crippen molar-refractivity contribution in [1.29, 1.82) is 0 Å². The summed E-state index contributed by atoms with van der Waals surface area (Å²) in [7, 11) is 0. The number of halogens is 1. The molecule has 0 spiro atoms. The fourth-order valence-electron chi connectivity index (χ4n) is 2.65. The van der Waals surface area contributed by atoms with Gasteiger partial charge in [0.15, 0.2) is 0 Å². The second kappa shape index (κ2) is 5.14. The molecule has 1 N–H and O–H groups in total. The molecule has 2 aliphatic rings. The summed E-state index contributed by atoms with van der Waals surface area (Å²) < 4.78 is 14.4. The van der Waals surface area contributed by atoms with Crippen molar-refractivity contribution in [3.8, 4) is 0 Å². The lowest BCUT2D eigenvalue weighted by Crippen LogP contribution is -2.22. The Balaban J connectivity index is 1.60. The second-order valence-corrected chi connectivity index (χ2v) is 6.26. The number of hydrazone groups is 1. The zero-order chi connectivity index (χ0) is 15.1. The van der Waals surface area contributed by atoms with E-state index in [2.05, 4.69) is 27.7 Å². The summed E-state index contributed by atoms with van der Waals surface area (Å²) in [5.41, 5.74) is 4.47. The van der Waals surface area contributed by atoms with Gasteiger partial charge in [0, 0.05) is 12.0 Å². The molecule has 0 atom stereocenters. The molecule has 6 heteroatoms. The van der Waals surface area contributed by atoms with Gasteiger partial charge in [0.2, 0.25) is 10.9 Å². The lowest BCUT2D eigenvalue weighted by molar-refractivity contribution is 0.106. The predicted molar refractivity (Wildman–Crippen MR) is 85.0 cm³/mol. The van der Waals surface area contributed by atoms with E-state index in [0.717, 1.165) is 28.3 Å². The second-order valence-electron chi connectivity index (χ2n) is 5.23. The van der Waals surface area contributed by atoms with Crippen LogP contribution in [-0.4, -0.2) is 16.5 Å². The average Bonchev–Trinajstić information content (AvgIpc) is 3.07. The van der Waals surface area contributed by atoms with E-state index in [1.807, 2.05) is 0 Å². The van der Waals surface area contributed by atoms with Crippen LogP contribution in [-0.2, 0) is 6.42 Å². The van der Waals surface area contributed by atoms with E-state index in [-0.39, 0.29) is 5.78 Å². The zero-order valence-electron chi connectivity index (χ0n) is 11.6. The van der Waals surface area contributed by atoms with Gasteiger partial charge >= 0.3 is 0 Å². The number of hydrogen-bond acceptors (Lipinski definition) is 5. The first kappa shape index (κ1) is 13.3. The molecule has 0 fully saturated rings. The van der Waals surface area contributed by atoms with Crippen LogP contribution in [0.25, 0.3) is 12.2 Å². The number of thiazole rings is 1. The van der Waals surface area contributed by atoms with Crippen molar-refractivity contribution >= 4 is 40.1 Å². The number of rotatable bonds is 2. The molecular formula is C16H12FN3OS.